The largest absolute Gasteiger partial charge is 0.497 e. The van der Waals surface area contributed by atoms with Gasteiger partial charge >= 0.3 is 6.03 Å². The van der Waals surface area contributed by atoms with Crippen LogP contribution in [0, 0.1) is 0 Å². The third kappa shape index (κ3) is 6.23. The second kappa shape index (κ2) is 9.98. The highest BCUT2D eigenvalue weighted by Gasteiger charge is 2.19. The molecule has 0 saturated carbocycles. The van der Waals surface area contributed by atoms with Gasteiger partial charge in [-0.3, -0.25) is 0 Å². The number of likely N-dealkylation sites (tertiary alicyclic amines) is 1. The summed E-state index contributed by atoms with van der Waals surface area (Å²) < 4.78 is 5.20. The van der Waals surface area contributed by atoms with Gasteiger partial charge in [0.15, 0.2) is 0 Å². The number of nitrogens with zero attached hydrogens (tertiary/aromatic N) is 2. The van der Waals surface area contributed by atoms with Crippen LogP contribution in [0.25, 0.3) is 0 Å². The monoisotopic (exact) mass is 409 g/mol. The summed E-state index contributed by atoms with van der Waals surface area (Å²) in [6.45, 7) is 11.1. The highest BCUT2D eigenvalue weighted by molar-refractivity contribution is 5.89. The third-order valence-electron chi connectivity index (χ3n) is 5.71. The summed E-state index contributed by atoms with van der Waals surface area (Å²) in [5.41, 5.74) is 3.35. The molecule has 1 fully saturated rings. The fraction of sp³-hybridized carbons (Fsp3) is 0.480. The van der Waals surface area contributed by atoms with Crippen molar-refractivity contribution >= 4 is 11.7 Å². The summed E-state index contributed by atoms with van der Waals surface area (Å²) in [5.74, 6) is 0.776. The number of hydrogen-bond donors (Lipinski definition) is 1. The molecule has 5 nitrogen and oxygen atoms in total. The Labute approximate surface area is 181 Å². The van der Waals surface area contributed by atoms with E-state index < -0.39 is 0 Å². The van der Waals surface area contributed by atoms with Gasteiger partial charge in [-0.05, 0) is 66.7 Å². The number of benzene rings is 2. The van der Waals surface area contributed by atoms with Gasteiger partial charge in [-0.25, -0.2) is 4.79 Å². The lowest BCUT2D eigenvalue weighted by molar-refractivity contribution is 0.198. The van der Waals surface area contributed by atoms with Crippen LogP contribution in [0.4, 0.5) is 10.5 Å². The van der Waals surface area contributed by atoms with Crippen molar-refractivity contribution in [2.75, 3.05) is 38.6 Å². The minimum Gasteiger partial charge on any atom is -0.497 e. The number of urea groups is 1. The van der Waals surface area contributed by atoms with Crippen molar-refractivity contribution in [2.24, 2.45) is 0 Å². The zero-order chi connectivity index (χ0) is 21.6. The third-order valence-corrected chi connectivity index (χ3v) is 5.71. The van der Waals surface area contributed by atoms with Gasteiger partial charge in [-0.2, -0.15) is 0 Å². The fourth-order valence-corrected chi connectivity index (χ4v) is 3.73. The molecule has 1 N–H and O–H groups in total. The number of amides is 2. The van der Waals surface area contributed by atoms with Crippen molar-refractivity contribution in [1.29, 1.82) is 0 Å². The number of nitrogens with one attached hydrogen (secondary N) is 1. The first-order valence-electron chi connectivity index (χ1n) is 10.9. The molecule has 162 valence electrons. The number of rotatable bonds is 7. The van der Waals surface area contributed by atoms with E-state index in [1.807, 2.05) is 29.2 Å². The predicted octanol–water partition coefficient (Wildman–Crippen LogP) is 5.12. The predicted molar refractivity (Wildman–Crippen MR) is 123 cm³/mol. The van der Waals surface area contributed by atoms with Crippen LogP contribution in [-0.4, -0.2) is 49.1 Å². The molecule has 0 spiro atoms. The van der Waals surface area contributed by atoms with Crippen LogP contribution < -0.4 is 10.1 Å². The zero-order valence-corrected chi connectivity index (χ0v) is 18.8. The maximum absolute atomic E-state index is 13.1. The smallest absolute Gasteiger partial charge is 0.322 e. The second-order valence-corrected chi connectivity index (χ2v) is 9.08. The maximum Gasteiger partial charge on any atom is 0.322 e. The van der Waals surface area contributed by atoms with E-state index in [2.05, 4.69) is 55.3 Å². The van der Waals surface area contributed by atoms with E-state index in [9.17, 15) is 4.79 Å². The Balaban J connectivity index is 1.68. The molecule has 1 aliphatic heterocycles. The van der Waals surface area contributed by atoms with Crippen LogP contribution >= 0.6 is 0 Å². The molecule has 1 saturated heterocycles. The average Bonchev–Trinajstić information content (AvgIpc) is 3.25. The molecule has 0 radical (unpaired) electrons. The van der Waals surface area contributed by atoms with Crippen LogP contribution in [0.3, 0.4) is 0 Å². The summed E-state index contributed by atoms with van der Waals surface area (Å²) in [4.78, 5) is 17.4. The van der Waals surface area contributed by atoms with E-state index in [4.69, 9.17) is 4.74 Å². The molecule has 2 aromatic rings. The Morgan fingerprint density at radius 2 is 1.67 bits per heavy atom. The summed E-state index contributed by atoms with van der Waals surface area (Å²) in [5, 5.41) is 3.04. The highest BCUT2D eigenvalue weighted by Crippen LogP contribution is 2.23. The molecule has 0 aliphatic carbocycles. The van der Waals surface area contributed by atoms with Crippen molar-refractivity contribution in [3.8, 4) is 5.75 Å². The van der Waals surface area contributed by atoms with Crippen molar-refractivity contribution in [3.05, 3.63) is 59.7 Å². The number of hydrogen-bond acceptors (Lipinski definition) is 3. The first kappa shape index (κ1) is 22.2. The normalized spacial score (nSPS) is 14.5. The SMILES string of the molecule is COc1ccc(NC(=O)N(CCN2CCCC2)Cc2ccc(C(C)(C)C)cc2)cc1. The second-order valence-electron chi connectivity index (χ2n) is 9.08. The molecule has 30 heavy (non-hydrogen) atoms. The lowest BCUT2D eigenvalue weighted by atomic mass is 9.87. The van der Waals surface area contributed by atoms with Gasteiger partial charge in [0.1, 0.15) is 5.75 Å². The average molecular weight is 410 g/mol. The number of ether oxygens (including phenoxy) is 1. The number of anilines is 1. The molecule has 3 rings (SSSR count). The molecule has 2 amide bonds. The fourth-order valence-electron chi connectivity index (χ4n) is 3.73. The molecule has 1 aliphatic rings. The van der Waals surface area contributed by atoms with Crippen molar-refractivity contribution in [2.45, 2.75) is 45.6 Å². The van der Waals surface area contributed by atoms with Gasteiger partial charge in [0.05, 0.1) is 7.11 Å². The van der Waals surface area contributed by atoms with E-state index in [-0.39, 0.29) is 11.4 Å². The number of carbonyl (C=O) groups is 1. The quantitative estimate of drug-likeness (QED) is 0.690. The van der Waals surface area contributed by atoms with Crippen LogP contribution in [0.15, 0.2) is 48.5 Å². The van der Waals surface area contributed by atoms with Crippen molar-refractivity contribution < 1.29 is 9.53 Å². The minimum absolute atomic E-state index is 0.0701. The molecule has 5 heteroatoms. The van der Waals surface area contributed by atoms with Crippen molar-refractivity contribution in [1.82, 2.24) is 9.80 Å². The lowest BCUT2D eigenvalue weighted by Gasteiger charge is -2.26. The van der Waals surface area contributed by atoms with Crippen LogP contribution in [0.5, 0.6) is 5.75 Å². The topological polar surface area (TPSA) is 44.8 Å². The molecule has 1 heterocycles. The summed E-state index contributed by atoms with van der Waals surface area (Å²) in [6, 6.07) is 16.0. The lowest BCUT2D eigenvalue weighted by Crippen LogP contribution is -2.40. The van der Waals surface area contributed by atoms with Crippen molar-refractivity contribution in [3.63, 3.8) is 0 Å². The van der Waals surface area contributed by atoms with Crippen LogP contribution in [0.1, 0.15) is 44.7 Å². The van der Waals surface area contributed by atoms with Gasteiger partial charge in [-0.15, -0.1) is 0 Å². The summed E-state index contributed by atoms with van der Waals surface area (Å²) in [7, 11) is 1.64. The van der Waals surface area contributed by atoms with E-state index in [0.29, 0.717) is 13.1 Å². The summed E-state index contributed by atoms with van der Waals surface area (Å²) in [6.07, 6.45) is 2.51. The molecule has 0 atom stereocenters. The van der Waals surface area contributed by atoms with Crippen LogP contribution in [0.2, 0.25) is 0 Å². The Bertz CT molecular complexity index is 804. The van der Waals surface area contributed by atoms with Gasteiger partial charge in [0.25, 0.3) is 0 Å². The standard InChI is InChI=1S/C25H35N3O2/c1-25(2,3)21-9-7-20(8-10-21)19-28(18-17-27-15-5-6-16-27)24(29)26-22-11-13-23(30-4)14-12-22/h7-14H,5-6,15-19H2,1-4H3,(H,26,29). The zero-order valence-electron chi connectivity index (χ0n) is 18.8. The first-order chi connectivity index (χ1) is 14.3. The molecule has 0 aromatic heterocycles. The maximum atomic E-state index is 13.1. The molecular weight excluding hydrogens is 374 g/mol. The Kier molecular flexibility index (Phi) is 7.38. The molecule has 0 bridgehead atoms. The van der Waals surface area contributed by atoms with E-state index in [1.54, 1.807) is 7.11 Å². The van der Waals surface area contributed by atoms with Gasteiger partial charge in [0, 0.05) is 25.3 Å². The number of methoxy groups -OCH3 is 1. The van der Waals surface area contributed by atoms with E-state index in [1.165, 1.54) is 18.4 Å². The van der Waals surface area contributed by atoms with Gasteiger partial charge in [-0.1, -0.05) is 45.0 Å². The van der Waals surface area contributed by atoms with Gasteiger partial charge in [0.2, 0.25) is 0 Å². The molecule has 0 unspecified atom stereocenters. The Hall–Kier alpha value is -2.53. The number of carbonyl (C=O) groups excluding carboxylic acids is 1. The molecule has 2 aromatic carbocycles. The van der Waals surface area contributed by atoms with Crippen LogP contribution in [-0.2, 0) is 12.0 Å². The minimum atomic E-state index is -0.0701. The van der Waals surface area contributed by atoms with E-state index >= 15 is 0 Å². The Morgan fingerprint density at radius 1 is 1.03 bits per heavy atom. The Morgan fingerprint density at radius 3 is 2.23 bits per heavy atom. The van der Waals surface area contributed by atoms with E-state index in [0.717, 1.165) is 36.6 Å². The van der Waals surface area contributed by atoms with Gasteiger partial charge < -0.3 is 19.9 Å². The summed E-state index contributed by atoms with van der Waals surface area (Å²) >= 11 is 0. The molecular formula is C25H35N3O2. The highest BCUT2D eigenvalue weighted by atomic mass is 16.5. The first-order valence-corrected chi connectivity index (χ1v) is 10.9.